The lowest BCUT2D eigenvalue weighted by molar-refractivity contribution is 0.122. The van der Waals surface area contributed by atoms with E-state index in [1.807, 2.05) is 17.6 Å². The quantitative estimate of drug-likeness (QED) is 0.760. The van der Waals surface area contributed by atoms with Crippen LogP contribution in [0.5, 0.6) is 0 Å². The lowest BCUT2D eigenvalue weighted by atomic mass is 9.93. The SMILES string of the molecule is Cc1nc(N2CCOCC2)ccc1Nc1nn2cc(C(C)(C)C)nc2s1. The van der Waals surface area contributed by atoms with Crippen LogP contribution in [0.1, 0.15) is 32.2 Å². The van der Waals surface area contributed by atoms with Crippen LogP contribution in [0.3, 0.4) is 0 Å². The van der Waals surface area contributed by atoms with Gasteiger partial charge >= 0.3 is 0 Å². The van der Waals surface area contributed by atoms with Crippen molar-refractivity contribution in [2.24, 2.45) is 0 Å². The van der Waals surface area contributed by atoms with Gasteiger partial charge in [0.15, 0.2) is 0 Å². The van der Waals surface area contributed by atoms with E-state index in [2.05, 4.69) is 53.2 Å². The molecule has 0 amide bonds. The molecule has 4 heterocycles. The van der Waals surface area contributed by atoms with Crippen LogP contribution in [0, 0.1) is 6.92 Å². The molecule has 7 nitrogen and oxygen atoms in total. The molecule has 0 bridgehead atoms. The highest BCUT2D eigenvalue weighted by atomic mass is 32.1. The molecule has 0 atom stereocenters. The fraction of sp³-hybridized carbons (Fsp3) is 0.500. The number of imidazole rings is 1. The van der Waals surface area contributed by atoms with E-state index in [4.69, 9.17) is 9.72 Å². The van der Waals surface area contributed by atoms with Gasteiger partial charge in [0.05, 0.1) is 36.5 Å². The van der Waals surface area contributed by atoms with Crippen LogP contribution in [0.4, 0.5) is 16.6 Å². The Kier molecular flexibility index (Phi) is 4.32. The van der Waals surface area contributed by atoms with Gasteiger partial charge in [0.25, 0.3) is 0 Å². The summed E-state index contributed by atoms with van der Waals surface area (Å²) >= 11 is 1.54. The van der Waals surface area contributed by atoms with E-state index in [1.165, 1.54) is 0 Å². The fourth-order valence-electron chi connectivity index (χ4n) is 2.88. The molecule has 4 rings (SSSR count). The molecule has 0 saturated carbocycles. The van der Waals surface area contributed by atoms with Crippen molar-refractivity contribution in [2.45, 2.75) is 33.1 Å². The highest BCUT2D eigenvalue weighted by Crippen LogP contribution is 2.28. The van der Waals surface area contributed by atoms with Crippen molar-refractivity contribution in [2.75, 3.05) is 36.5 Å². The topological polar surface area (TPSA) is 67.6 Å². The standard InChI is InChI=1S/C18H24N6OS/c1-12-13(5-6-15(19-12)23-7-9-25-10-8-23)20-16-22-24-11-14(18(2,3)4)21-17(24)26-16/h5-6,11H,7-10H2,1-4H3,(H,20,22). The molecule has 1 aliphatic rings. The minimum atomic E-state index is 0.0246. The first-order valence-electron chi connectivity index (χ1n) is 8.84. The number of ether oxygens (including phenoxy) is 1. The summed E-state index contributed by atoms with van der Waals surface area (Å²) in [4.78, 5) is 12.6. The predicted molar refractivity (Wildman–Crippen MR) is 105 cm³/mol. The molecular weight excluding hydrogens is 348 g/mol. The van der Waals surface area contributed by atoms with E-state index in [9.17, 15) is 0 Å². The largest absolute Gasteiger partial charge is 0.378 e. The zero-order valence-corrected chi connectivity index (χ0v) is 16.4. The van der Waals surface area contributed by atoms with Crippen molar-refractivity contribution in [3.8, 4) is 0 Å². The average Bonchev–Trinajstić information content (AvgIpc) is 3.16. The number of pyridine rings is 1. The molecule has 1 N–H and O–H groups in total. The molecule has 0 aromatic carbocycles. The van der Waals surface area contributed by atoms with Gasteiger partial charge in [-0.05, 0) is 19.1 Å². The van der Waals surface area contributed by atoms with Crippen LogP contribution in [-0.2, 0) is 10.2 Å². The summed E-state index contributed by atoms with van der Waals surface area (Å²) in [5, 5.41) is 8.80. The van der Waals surface area contributed by atoms with Crippen molar-refractivity contribution >= 4 is 32.9 Å². The first-order valence-corrected chi connectivity index (χ1v) is 9.66. The number of hydrogen-bond acceptors (Lipinski definition) is 7. The van der Waals surface area contributed by atoms with Gasteiger partial charge < -0.3 is 15.0 Å². The van der Waals surface area contributed by atoms with Crippen molar-refractivity contribution in [1.29, 1.82) is 0 Å². The summed E-state index contributed by atoms with van der Waals surface area (Å²) in [7, 11) is 0. The number of anilines is 3. The average molecular weight is 372 g/mol. The molecule has 3 aromatic heterocycles. The Labute approximate surface area is 157 Å². The molecule has 138 valence electrons. The molecule has 0 radical (unpaired) electrons. The molecule has 0 aliphatic carbocycles. The maximum Gasteiger partial charge on any atom is 0.214 e. The Morgan fingerprint density at radius 2 is 1.92 bits per heavy atom. The van der Waals surface area contributed by atoms with Crippen LogP contribution in [0.15, 0.2) is 18.3 Å². The number of aromatic nitrogens is 4. The Bertz CT molecular complexity index is 888. The molecule has 0 unspecified atom stereocenters. The Balaban J connectivity index is 1.53. The summed E-state index contributed by atoms with van der Waals surface area (Å²) < 4.78 is 7.25. The summed E-state index contributed by atoms with van der Waals surface area (Å²) in [6.45, 7) is 11.8. The van der Waals surface area contributed by atoms with Crippen LogP contribution in [-0.4, -0.2) is 45.9 Å². The van der Waals surface area contributed by atoms with Gasteiger partial charge in [0.2, 0.25) is 10.1 Å². The number of rotatable bonds is 3. The van der Waals surface area contributed by atoms with Crippen molar-refractivity contribution < 1.29 is 4.74 Å². The Morgan fingerprint density at radius 3 is 2.58 bits per heavy atom. The monoisotopic (exact) mass is 372 g/mol. The van der Waals surface area contributed by atoms with Crippen LogP contribution < -0.4 is 10.2 Å². The Morgan fingerprint density at radius 1 is 1.15 bits per heavy atom. The van der Waals surface area contributed by atoms with E-state index >= 15 is 0 Å². The maximum atomic E-state index is 5.41. The summed E-state index contributed by atoms with van der Waals surface area (Å²) in [6, 6.07) is 4.12. The van der Waals surface area contributed by atoms with E-state index in [-0.39, 0.29) is 5.41 Å². The molecule has 1 saturated heterocycles. The van der Waals surface area contributed by atoms with E-state index in [1.54, 1.807) is 11.3 Å². The molecule has 3 aromatic rings. The molecule has 1 aliphatic heterocycles. The first kappa shape index (κ1) is 17.2. The van der Waals surface area contributed by atoms with Gasteiger partial charge in [-0.1, -0.05) is 32.1 Å². The van der Waals surface area contributed by atoms with Crippen molar-refractivity contribution in [3.05, 3.63) is 29.7 Å². The van der Waals surface area contributed by atoms with Gasteiger partial charge in [-0.25, -0.2) is 14.5 Å². The minimum Gasteiger partial charge on any atom is -0.378 e. The zero-order valence-electron chi connectivity index (χ0n) is 15.6. The van der Waals surface area contributed by atoms with Gasteiger partial charge in [-0.3, -0.25) is 0 Å². The van der Waals surface area contributed by atoms with Gasteiger partial charge in [-0.15, -0.1) is 5.10 Å². The second-order valence-corrected chi connectivity index (χ2v) is 8.49. The molecule has 0 spiro atoms. The van der Waals surface area contributed by atoms with Gasteiger partial charge in [0.1, 0.15) is 5.82 Å². The molecule has 26 heavy (non-hydrogen) atoms. The minimum absolute atomic E-state index is 0.0246. The third-order valence-corrected chi connectivity index (χ3v) is 5.30. The second kappa shape index (κ2) is 6.51. The normalized spacial score (nSPS) is 15.6. The third kappa shape index (κ3) is 3.39. The Hall–Kier alpha value is -2.19. The first-order chi connectivity index (χ1) is 12.4. The molecule has 8 heteroatoms. The number of hydrogen-bond donors (Lipinski definition) is 1. The van der Waals surface area contributed by atoms with Crippen LogP contribution in [0.2, 0.25) is 0 Å². The lowest BCUT2D eigenvalue weighted by Gasteiger charge is -2.28. The van der Waals surface area contributed by atoms with E-state index < -0.39 is 0 Å². The van der Waals surface area contributed by atoms with Gasteiger partial charge in [0, 0.05) is 18.5 Å². The highest BCUT2D eigenvalue weighted by Gasteiger charge is 2.20. The number of morpholine rings is 1. The summed E-state index contributed by atoms with van der Waals surface area (Å²) in [5.74, 6) is 1.00. The van der Waals surface area contributed by atoms with Crippen molar-refractivity contribution in [1.82, 2.24) is 19.6 Å². The van der Waals surface area contributed by atoms with Gasteiger partial charge in [-0.2, -0.15) is 0 Å². The number of aryl methyl sites for hydroxylation is 1. The second-order valence-electron chi connectivity index (χ2n) is 7.54. The smallest absolute Gasteiger partial charge is 0.214 e. The van der Waals surface area contributed by atoms with E-state index in [0.29, 0.717) is 0 Å². The van der Waals surface area contributed by atoms with Crippen LogP contribution >= 0.6 is 11.3 Å². The fourth-order valence-corrected chi connectivity index (χ4v) is 3.67. The third-order valence-electron chi connectivity index (χ3n) is 4.46. The number of nitrogens with zero attached hydrogens (tertiary/aromatic N) is 5. The molecule has 1 fully saturated rings. The number of fused-ring (bicyclic) bond motifs is 1. The highest BCUT2D eigenvalue weighted by molar-refractivity contribution is 7.20. The maximum absolute atomic E-state index is 5.41. The number of nitrogens with one attached hydrogen (secondary N) is 1. The van der Waals surface area contributed by atoms with Crippen LogP contribution in [0.25, 0.3) is 4.96 Å². The summed E-state index contributed by atoms with van der Waals surface area (Å²) in [6.07, 6.45) is 2.00. The lowest BCUT2D eigenvalue weighted by Crippen LogP contribution is -2.36. The predicted octanol–water partition coefficient (Wildman–Crippen LogP) is 3.37. The van der Waals surface area contributed by atoms with E-state index in [0.717, 1.165) is 59.3 Å². The summed E-state index contributed by atoms with van der Waals surface area (Å²) in [5.41, 5.74) is 3.00. The molecular formula is C18H24N6OS. The van der Waals surface area contributed by atoms with Crippen molar-refractivity contribution in [3.63, 3.8) is 0 Å². The zero-order chi connectivity index (χ0) is 18.3.